The first kappa shape index (κ1) is 21.9. The van der Waals surface area contributed by atoms with Crippen LogP contribution in [0.5, 0.6) is 11.5 Å². The molecular weight excluding hydrogens is 468 g/mol. The summed E-state index contributed by atoms with van der Waals surface area (Å²) in [5.74, 6) is 3.08. The van der Waals surface area contributed by atoms with Crippen LogP contribution in [-0.4, -0.2) is 53.3 Å². The van der Waals surface area contributed by atoms with Gasteiger partial charge in [-0.3, -0.25) is 0 Å². The van der Waals surface area contributed by atoms with Crippen molar-refractivity contribution in [3.05, 3.63) is 60.8 Å². The number of anilines is 3. The summed E-state index contributed by atoms with van der Waals surface area (Å²) < 4.78 is 8.14. The molecule has 1 saturated carbocycles. The van der Waals surface area contributed by atoms with E-state index in [4.69, 9.17) is 9.72 Å². The van der Waals surface area contributed by atoms with Crippen LogP contribution in [-0.2, 0) is 7.05 Å². The lowest BCUT2D eigenvalue weighted by atomic mass is 10.1. The number of nitrogens with one attached hydrogen (secondary N) is 1. The van der Waals surface area contributed by atoms with E-state index in [9.17, 15) is 5.11 Å². The van der Waals surface area contributed by atoms with Crippen molar-refractivity contribution in [2.75, 3.05) is 16.8 Å². The maximum absolute atomic E-state index is 10.1. The predicted molar refractivity (Wildman–Crippen MR) is 140 cm³/mol. The molecule has 37 heavy (non-hydrogen) atoms. The Morgan fingerprint density at radius 1 is 1.03 bits per heavy atom. The van der Waals surface area contributed by atoms with Gasteiger partial charge in [0, 0.05) is 37.3 Å². The van der Waals surface area contributed by atoms with Crippen molar-refractivity contribution in [2.45, 2.75) is 31.9 Å². The topological polar surface area (TPSA) is 114 Å². The molecule has 3 atom stereocenters. The van der Waals surface area contributed by atoms with Crippen molar-refractivity contribution in [1.82, 2.24) is 29.5 Å². The van der Waals surface area contributed by atoms with Crippen molar-refractivity contribution < 1.29 is 9.84 Å². The third kappa shape index (κ3) is 3.80. The second kappa shape index (κ2) is 8.38. The fourth-order valence-corrected chi connectivity index (χ4v) is 5.53. The summed E-state index contributed by atoms with van der Waals surface area (Å²) >= 11 is 0. The summed E-state index contributed by atoms with van der Waals surface area (Å²) in [4.78, 5) is 24.8. The van der Waals surface area contributed by atoms with Crippen LogP contribution in [0.15, 0.2) is 55.2 Å². The zero-order valence-corrected chi connectivity index (χ0v) is 20.5. The summed E-state index contributed by atoms with van der Waals surface area (Å²) in [6.45, 7) is 2.79. The normalized spacial score (nSPS) is 20.7. The number of hydrogen-bond acceptors (Lipinski definition) is 9. The summed E-state index contributed by atoms with van der Waals surface area (Å²) in [5, 5.41) is 13.5. The van der Waals surface area contributed by atoms with Gasteiger partial charge in [-0.2, -0.15) is 0 Å². The highest BCUT2D eigenvalue weighted by molar-refractivity contribution is 5.87. The minimum Gasteiger partial charge on any atom is -0.457 e. The van der Waals surface area contributed by atoms with Crippen LogP contribution in [0.3, 0.4) is 0 Å². The zero-order valence-electron chi connectivity index (χ0n) is 20.5. The van der Waals surface area contributed by atoms with Crippen LogP contribution in [0.4, 0.5) is 17.5 Å². The van der Waals surface area contributed by atoms with Gasteiger partial charge in [-0.15, -0.1) is 0 Å². The third-order valence-corrected chi connectivity index (χ3v) is 7.49. The van der Waals surface area contributed by atoms with Crippen molar-refractivity contribution in [3.8, 4) is 11.5 Å². The van der Waals surface area contributed by atoms with Crippen LogP contribution < -0.4 is 15.0 Å². The van der Waals surface area contributed by atoms with Gasteiger partial charge in [0.15, 0.2) is 5.82 Å². The quantitative estimate of drug-likeness (QED) is 0.372. The van der Waals surface area contributed by atoms with Gasteiger partial charge in [0.25, 0.3) is 0 Å². The van der Waals surface area contributed by atoms with E-state index in [-0.39, 0.29) is 12.1 Å². The Balaban J connectivity index is 1.14. The van der Waals surface area contributed by atoms with E-state index in [2.05, 4.69) is 30.2 Å². The molecule has 1 saturated heterocycles. The van der Waals surface area contributed by atoms with E-state index in [0.717, 1.165) is 53.2 Å². The second-order valence-electron chi connectivity index (χ2n) is 9.94. The molecule has 0 unspecified atom stereocenters. The SMILES string of the molecule is Cc1cc(Nc2ncnc3cnc(N4C[C@@H]5C[C@H]4C[C@H]5O)nc23)ccc1Oc1ccc2c(c1)ncn2C. The maximum atomic E-state index is 10.1. The Labute approximate surface area is 213 Å². The highest BCUT2D eigenvalue weighted by Crippen LogP contribution is 2.39. The fraction of sp³-hybridized carbons (Fsp3) is 0.296. The van der Waals surface area contributed by atoms with Gasteiger partial charge in [-0.05, 0) is 55.7 Å². The number of aliphatic hydroxyl groups is 1. The minimum absolute atomic E-state index is 0.213. The number of fused-ring (bicyclic) bond motifs is 4. The van der Waals surface area contributed by atoms with Crippen molar-refractivity contribution in [3.63, 3.8) is 0 Å². The molecule has 1 aliphatic heterocycles. The van der Waals surface area contributed by atoms with Crippen molar-refractivity contribution >= 4 is 39.5 Å². The van der Waals surface area contributed by atoms with Gasteiger partial charge in [0.2, 0.25) is 5.95 Å². The second-order valence-corrected chi connectivity index (χ2v) is 9.94. The molecule has 0 spiro atoms. The summed E-state index contributed by atoms with van der Waals surface area (Å²) in [5.41, 5.74) is 5.14. The van der Waals surface area contributed by atoms with E-state index in [1.807, 2.05) is 54.9 Å². The lowest BCUT2D eigenvalue weighted by Gasteiger charge is -2.29. The Bertz CT molecular complexity index is 1650. The molecule has 10 heteroatoms. The molecule has 7 rings (SSSR count). The lowest BCUT2D eigenvalue weighted by molar-refractivity contribution is 0.126. The van der Waals surface area contributed by atoms with Gasteiger partial charge in [0.1, 0.15) is 28.9 Å². The molecule has 2 N–H and O–H groups in total. The average molecular weight is 495 g/mol. The fourth-order valence-electron chi connectivity index (χ4n) is 5.53. The first-order chi connectivity index (χ1) is 18.0. The van der Waals surface area contributed by atoms with E-state index in [1.165, 1.54) is 6.33 Å². The number of ether oxygens (including phenoxy) is 1. The van der Waals surface area contributed by atoms with Gasteiger partial charge in [-0.25, -0.2) is 24.9 Å². The number of piperidine rings is 1. The van der Waals surface area contributed by atoms with Crippen LogP contribution >= 0.6 is 0 Å². The van der Waals surface area contributed by atoms with E-state index in [0.29, 0.717) is 28.7 Å². The molecule has 1 aliphatic carbocycles. The minimum atomic E-state index is -0.213. The van der Waals surface area contributed by atoms with Gasteiger partial charge in [0.05, 0.1) is 29.7 Å². The van der Waals surface area contributed by atoms with Crippen LogP contribution in [0.2, 0.25) is 0 Å². The van der Waals surface area contributed by atoms with Crippen molar-refractivity contribution in [2.24, 2.45) is 13.0 Å². The Morgan fingerprint density at radius 2 is 1.95 bits per heavy atom. The summed E-state index contributed by atoms with van der Waals surface area (Å²) in [7, 11) is 1.97. The molecule has 0 radical (unpaired) electrons. The standard InChI is InChI=1S/C27H26N8O2/c1-15-7-17(3-6-24(15)37-19-4-5-22-20(10-19)31-14-34(22)2)32-26-25-21(29-13-30-26)11-28-27(33-25)35-12-16-8-18(35)9-23(16)36/h3-7,10-11,13-14,16,18,23,36H,8-9,12H2,1-2H3,(H,29,30,32)/t16-,18-,23+/m0/s1. The highest BCUT2D eigenvalue weighted by Gasteiger charge is 2.44. The first-order valence-electron chi connectivity index (χ1n) is 12.4. The zero-order chi connectivity index (χ0) is 25.1. The van der Waals surface area contributed by atoms with E-state index < -0.39 is 0 Å². The first-order valence-corrected chi connectivity index (χ1v) is 12.4. The Hall–Kier alpha value is -4.31. The number of aromatic nitrogens is 6. The van der Waals surface area contributed by atoms with E-state index in [1.54, 1.807) is 12.5 Å². The maximum Gasteiger partial charge on any atom is 0.226 e. The van der Waals surface area contributed by atoms with Crippen LogP contribution in [0, 0.1) is 12.8 Å². The molecular formula is C27H26N8O2. The highest BCUT2D eigenvalue weighted by atomic mass is 16.5. The molecule has 3 aromatic heterocycles. The largest absolute Gasteiger partial charge is 0.457 e. The number of benzene rings is 2. The molecule has 2 aliphatic rings. The lowest BCUT2D eigenvalue weighted by Crippen LogP contribution is -2.38. The molecule has 2 fully saturated rings. The monoisotopic (exact) mass is 494 g/mol. The van der Waals surface area contributed by atoms with Crippen LogP contribution in [0.1, 0.15) is 18.4 Å². The molecule has 4 heterocycles. The third-order valence-electron chi connectivity index (χ3n) is 7.49. The number of rotatable bonds is 5. The Kier molecular flexibility index (Phi) is 4.97. The molecule has 0 amide bonds. The number of hydrogen-bond donors (Lipinski definition) is 2. The van der Waals surface area contributed by atoms with Gasteiger partial charge < -0.3 is 24.6 Å². The summed E-state index contributed by atoms with van der Waals surface area (Å²) in [6, 6.07) is 12.1. The number of nitrogens with zero attached hydrogens (tertiary/aromatic N) is 7. The molecule has 10 nitrogen and oxygen atoms in total. The van der Waals surface area contributed by atoms with Crippen LogP contribution in [0.25, 0.3) is 22.1 Å². The molecule has 186 valence electrons. The molecule has 5 aromatic rings. The van der Waals surface area contributed by atoms with Gasteiger partial charge >= 0.3 is 0 Å². The number of aliphatic hydroxyl groups excluding tert-OH is 1. The summed E-state index contributed by atoms with van der Waals surface area (Å²) in [6.07, 6.45) is 6.60. The van der Waals surface area contributed by atoms with E-state index >= 15 is 0 Å². The molecule has 2 aromatic carbocycles. The average Bonchev–Trinajstić information content (AvgIpc) is 3.59. The Morgan fingerprint density at radius 3 is 2.76 bits per heavy atom. The smallest absolute Gasteiger partial charge is 0.226 e. The predicted octanol–water partition coefficient (Wildman–Crippen LogP) is 4.11. The van der Waals surface area contributed by atoms with Crippen molar-refractivity contribution in [1.29, 1.82) is 0 Å². The van der Waals surface area contributed by atoms with Gasteiger partial charge in [-0.1, -0.05) is 0 Å². The number of imidazole rings is 1. The molecule has 2 bridgehead atoms. The number of aryl methyl sites for hydroxylation is 2.